The van der Waals surface area contributed by atoms with Gasteiger partial charge in [-0.2, -0.15) is 0 Å². The Morgan fingerprint density at radius 2 is 1.93 bits per heavy atom. The molecule has 8 nitrogen and oxygen atoms in total. The summed E-state index contributed by atoms with van der Waals surface area (Å²) in [6.45, 7) is 11.4. The molecule has 4 N–H and O–H groups in total. The van der Waals surface area contributed by atoms with E-state index >= 15 is 0 Å². The molecule has 2 aromatic rings. The van der Waals surface area contributed by atoms with Crippen LogP contribution in [0.4, 0.5) is 5.69 Å². The highest BCUT2D eigenvalue weighted by molar-refractivity contribution is 5.97. The number of aromatic nitrogens is 1. The number of hydrogen-bond acceptors (Lipinski definition) is 6. The number of aromatic amines is 1. The molecule has 4 rings (SSSR count). The average Bonchev–Trinajstić information content (AvgIpc) is 2.95. The minimum Gasteiger partial charge on any atom is -0.375 e. The summed E-state index contributed by atoms with van der Waals surface area (Å²) >= 11 is 0. The Labute approximate surface area is 238 Å². The van der Waals surface area contributed by atoms with Gasteiger partial charge in [0, 0.05) is 72.8 Å². The van der Waals surface area contributed by atoms with Gasteiger partial charge in [-0.15, -0.1) is 0 Å². The number of pyridine rings is 1. The van der Waals surface area contributed by atoms with Crippen LogP contribution in [-0.2, 0) is 11.3 Å². The molecule has 1 aromatic heterocycles. The molecular formula is C32H45N5O3. The average molecular weight is 548 g/mol. The van der Waals surface area contributed by atoms with E-state index in [1.54, 1.807) is 0 Å². The fraction of sp³-hybridized carbons (Fsp3) is 0.562. The molecular weight excluding hydrogens is 502 g/mol. The summed E-state index contributed by atoms with van der Waals surface area (Å²) in [4.78, 5) is 31.4. The van der Waals surface area contributed by atoms with Crippen LogP contribution in [0.5, 0.6) is 0 Å². The highest BCUT2D eigenvalue weighted by atomic mass is 16.5. The number of morpholine rings is 1. The zero-order chi connectivity index (χ0) is 28.6. The highest BCUT2D eigenvalue weighted by Crippen LogP contribution is 2.32. The third kappa shape index (κ3) is 7.34. The van der Waals surface area contributed by atoms with E-state index in [-0.39, 0.29) is 24.1 Å². The molecule has 2 heterocycles. The summed E-state index contributed by atoms with van der Waals surface area (Å²) in [5.74, 6) is 6.42. The molecule has 2 fully saturated rings. The zero-order valence-corrected chi connectivity index (χ0v) is 24.7. The number of amides is 1. The molecule has 1 aliphatic heterocycles. The number of rotatable bonds is 8. The van der Waals surface area contributed by atoms with Crippen LogP contribution in [0.3, 0.4) is 0 Å². The Balaban J connectivity index is 1.62. The highest BCUT2D eigenvalue weighted by Gasteiger charge is 2.27. The molecule has 216 valence electrons. The van der Waals surface area contributed by atoms with Crippen molar-refractivity contribution >= 4 is 11.6 Å². The minimum absolute atomic E-state index is 0.0827. The summed E-state index contributed by atoms with van der Waals surface area (Å²) in [7, 11) is 2.04. The molecule has 2 aliphatic rings. The van der Waals surface area contributed by atoms with Gasteiger partial charge in [0.05, 0.1) is 12.7 Å². The van der Waals surface area contributed by atoms with E-state index in [1.165, 1.54) is 0 Å². The van der Waals surface area contributed by atoms with Crippen molar-refractivity contribution in [2.45, 2.75) is 84.5 Å². The van der Waals surface area contributed by atoms with Crippen LogP contribution in [0, 0.1) is 32.6 Å². The van der Waals surface area contributed by atoms with Crippen molar-refractivity contribution in [3.8, 4) is 11.8 Å². The second-order valence-electron chi connectivity index (χ2n) is 11.1. The van der Waals surface area contributed by atoms with Crippen LogP contribution < -0.4 is 26.4 Å². The maximum Gasteiger partial charge on any atom is 0.253 e. The molecule has 1 aliphatic carbocycles. The minimum atomic E-state index is -0.198. The molecule has 1 unspecified atom stereocenters. The van der Waals surface area contributed by atoms with E-state index in [9.17, 15) is 9.59 Å². The van der Waals surface area contributed by atoms with E-state index in [2.05, 4.69) is 50.7 Å². The lowest BCUT2D eigenvalue weighted by Gasteiger charge is -2.39. The summed E-state index contributed by atoms with van der Waals surface area (Å²) in [5, 5.41) is 9.78. The molecule has 0 bridgehead atoms. The first-order valence-corrected chi connectivity index (χ1v) is 14.7. The summed E-state index contributed by atoms with van der Waals surface area (Å²) in [6, 6.07) is 6.94. The Kier molecular flexibility index (Phi) is 10.4. The molecule has 1 aromatic carbocycles. The normalized spacial score (nSPS) is 20.9. The van der Waals surface area contributed by atoms with Crippen LogP contribution in [0.15, 0.2) is 23.0 Å². The van der Waals surface area contributed by atoms with Crippen molar-refractivity contribution in [1.29, 1.82) is 0 Å². The van der Waals surface area contributed by atoms with Crippen molar-refractivity contribution in [1.82, 2.24) is 20.9 Å². The van der Waals surface area contributed by atoms with Gasteiger partial charge in [0.25, 0.3) is 11.5 Å². The van der Waals surface area contributed by atoms with E-state index in [0.717, 1.165) is 73.4 Å². The van der Waals surface area contributed by atoms with Gasteiger partial charge in [0.15, 0.2) is 0 Å². The number of nitrogens with one attached hydrogen (secondary N) is 4. The number of hydrogen-bond donors (Lipinski definition) is 4. The number of ether oxygens (including phenoxy) is 1. The lowest BCUT2D eigenvalue weighted by Crippen LogP contribution is -2.42. The van der Waals surface area contributed by atoms with Gasteiger partial charge in [-0.3, -0.25) is 9.59 Å². The predicted molar refractivity (Wildman–Crippen MR) is 161 cm³/mol. The number of carbonyl (C=O) groups excluding carboxylic acids is 1. The molecule has 0 spiro atoms. The van der Waals surface area contributed by atoms with Gasteiger partial charge in [-0.25, -0.2) is 0 Å². The maximum absolute atomic E-state index is 13.6. The number of H-pyrrole nitrogens is 1. The Morgan fingerprint density at radius 3 is 2.58 bits per heavy atom. The first-order valence-electron chi connectivity index (χ1n) is 14.7. The Hall–Kier alpha value is -3.12. The topological polar surface area (TPSA) is 98.5 Å². The fourth-order valence-electron chi connectivity index (χ4n) is 5.99. The van der Waals surface area contributed by atoms with Crippen molar-refractivity contribution in [3.63, 3.8) is 0 Å². The second-order valence-corrected chi connectivity index (χ2v) is 11.1. The first kappa shape index (κ1) is 29.9. The quantitative estimate of drug-likeness (QED) is 0.379. The molecule has 8 heteroatoms. The summed E-state index contributed by atoms with van der Waals surface area (Å²) in [5.41, 5.74) is 5.51. The van der Waals surface area contributed by atoms with Gasteiger partial charge in [0.2, 0.25) is 0 Å². The molecule has 1 atom stereocenters. The van der Waals surface area contributed by atoms with Gasteiger partial charge in [-0.05, 0) is 89.8 Å². The third-order valence-corrected chi connectivity index (χ3v) is 8.31. The third-order valence-electron chi connectivity index (χ3n) is 8.31. The Morgan fingerprint density at radius 1 is 1.15 bits per heavy atom. The smallest absolute Gasteiger partial charge is 0.253 e. The number of nitrogens with zero attached hydrogens (tertiary/aromatic N) is 1. The van der Waals surface area contributed by atoms with Crippen LogP contribution in [-0.4, -0.2) is 62.4 Å². The molecule has 1 amide bonds. The van der Waals surface area contributed by atoms with Crippen molar-refractivity contribution in [3.05, 3.63) is 62.1 Å². The molecule has 0 radical (unpaired) electrons. The van der Waals surface area contributed by atoms with E-state index in [0.29, 0.717) is 36.2 Å². The van der Waals surface area contributed by atoms with Gasteiger partial charge >= 0.3 is 0 Å². The second kappa shape index (κ2) is 14.0. The SMILES string of the molecule is CCN(c1cc(C#CCC2CNCCO2)cc(C(=O)NCc2c(C)cc(C)[nH]c2=O)c1C)[C@H]1CC[C@H](NC)CC1. The Bertz CT molecular complexity index is 1290. The monoisotopic (exact) mass is 547 g/mol. The van der Waals surface area contributed by atoms with Gasteiger partial charge in [-0.1, -0.05) is 11.8 Å². The predicted octanol–water partition coefficient (Wildman–Crippen LogP) is 3.32. The van der Waals surface area contributed by atoms with E-state index in [4.69, 9.17) is 4.74 Å². The summed E-state index contributed by atoms with van der Waals surface area (Å²) < 4.78 is 5.80. The number of anilines is 1. The van der Waals surface area contributed by atoms with Crippen LogP contribution >= 0.6 is 0 Å². The number of benzene rings is 1. The van der Waals surface area contributed by atoms with Crippen molar-refractivity contribution in [2.75, 3.05) is 38.2 Å². The van der Waals surface area contributed by atoms with Gasteiger partial charge < -0.3 is 30.6 Å². The largest absolute Gasteiger partial charge is 0.375 e. The van der Waals surface area contributed by atoms with Crippen molar-refractivity contribution in [2.24, 2.45) is 0 Å². The van der Waals surface area contributed by atoms with Crippen molar-refractivity contribution < 1.29 is 9.53 Å². The zero-order valence-electron chi connectivity index (χ0n) is 24.7. The van der Waals surface area contributed by atoms with Crippen LogP contribution in [0.25, 0.3) is 0 Å². The lowest BCUT2D eigenvalue weighted by molar-refractivity contribution is 0.0322. The number of aryl methyl sites for hydroxylation is 2. The van der Waals surface area contributed by atoms with Crippen LogP contribution in [0.2, 0.25) is 0 Å². The molecule has 1 saturated heterocycles. The lowest BCUT2D eigenvalue weighted by atomic mass is 9.89. The fourth-order valence-corrected chi connectivity index (χ4v) is 5.99. The van der Waals surface area contributed by atoms with Gasteiger partial charge in [0.1, 0.15) is 0 Å². The molecule has 40 heavy (non-hydrogen) atoms. The standard InChI is InChI=1S/C32H45N5O3/c1-6-37(26-12-10-25(33-5)11-13-26)30-18-24(8-7-9-27-19-34-14-15-40-27)17-28(23(30)4)31(38)35-20-29-21(2)16-22(3)36-32(29)39/h16-18,25-27,33-34H,6,9-15,19-20H2,1-5H3,(H,35,38)(H,36,39)/t25-,26-,27?. The van der Waals surface area contributed by atoms with Crippen LogP contribution in [0.1, 0.15) is 77.3 Å². The number of carbonyl (C=O) groups is 1. The summed E-state index contributed by atoms with van der Waals surface area (Å²) in [6.07, 6.45) is 5.22. The van der Waals surface area contributed by atoms with E-state index < -0.39 is 0 Å². The maximum atomic E-state index is 13.6. The molecule has 1 saturated carbocycles. The first-order chi connectivity index (χ1) is 19.3. The van der Waals surface area contributed by atoms with E-state index in [1.807, 2.05) is 40.0 Å².